The molecule has 0 aliphatic carbocycles. The molecule has 0 radical (unpaired) electrons. The second kappa shape index (κ2) is 10.6. The number of hydrogen-bond donors (Lipinski definition) is 3. The molecule has 32 heavy (non-hydrogen) atoms. The van der Waals surface area contributed by atoms with Crippen LogP contribution in [0.1, 0.15) is 22.4 Å². The molecular formula is C24H25ClN4O2S. The average molecular weight is 469 g/mol. The van der Waals surface area contributed by atoms with Crippen LogP contribution in [0, 0.1) is 11.3 Å². The number of nitrogens with two attached hydrogens (primary N) is 1. The van der Waals surface area contributed by atoms with E-state index in [0.717, 1.165) is 17.0 Å². The number of hydrogen-bond acceptors (Lipinski definition) is 6. The largest absolute Gasteiger partial charge is 0.457 e. The van der Waals surface area contributed by atoms with Crippen LogP contribution < -0.4 is 21.1 Å². The second-order valence-electron chi connectivity index (χ2n) is 7.62. The number of nitrogens with zero attached hydrogens (tertiary/aromatic N) is 1. The highest BCUT2D eigenvalue weighted by molar-refractivity contribution is 7.09. The van der Waals surface area contributed by atoms with Gasteiger partial charge in [-0.2, -0.15) is 5.26 Å². The summed E-state index contributed by atoms with van der Waals surface area (Å²) in [5.41, 5.74) is 6.76. The van der Waals surface area contributed by atoms with Crippen molar-refractivity contribution in [2.45, 2.75) is 24.4 Å². The summed E-state index contributed by atoms with van der Waals surface area (Å²) in [6.07, 6.45) is 1.17. The van der Waals surface area contributed by atoms with Gasteiger partial charge in [0.05, 0.1) is 23.2 Å². The lowest BCUT2D eigenvalue weighted by molar-refractivity contribution is -0.124. The average Bonchev–Trinajstić information content (AvgIpc) is 3.47. The summed E-state index contributed by atoms with van der Waals surface area (Å²) >= 11 is 1.59. The van der Waals surface area contributed by atoms with Crippen LogP contribution in [0.4, 0.5) is 0 Å². The third-order valence-electron chi connectivity index (χ3n) is 5.46. The van der Waals surface area contributed by atoms with Crippen molar-refractivity contribution in [2.24, 2.45) is 5.73 Å². The summed E-state index contributed by atoms with van der Waals surface area (Å²) in [5, 5.41) is 18.3. The summed E-state index contributed by atoms with van der Waals surface area (Å²) in [6, 6.07) is 20.4. The second-order valence-corrected chi connectivity index (χ2v) is 8.65. The van der Waals surface area contributed by atoms with Crippen molar-refractivity contribution in [3.8, 4) is 17.6 Å². The van der Waals surface area contributed by atoms with E-state index in [0.29, 0.717) is 36.4 Å². The number of ether oxygens (including phenoxy) is 1. The fourth-order valence-electron chi connectivity index (χ4n) is 3.88. The van der Waals surface area contributed by atoms with Gasteiger partial charge in [0.25, 0.3) is 0 Å². The first-order chi connectivity index (χ1) is 15.1. The molecule has 2 aromatic carbocycles. The highest BCUT2D eigenvalue weighted by atomic mass is 35.5. The molecule has 1 aliphatic heterocycles. The molecule has 1 amide bonds. The summed E-state index contributed by atoms with van der Waals surface area (Å²) in [4.78, 5) is 14.0. The molecular weight excluding hydrogens is 444 g/mol. The lowest BCUT2D eigenvalue weighted by Gasteiger charge is -2.32. The van der Waals surface area contributed by atoms with Crippen LogP contribution in [0.25, 0.3) is 0 Å². The Morgan fingerprint density at radius 1 is 1.22 bits per heavy atom. The van der Waals surface area contributed by atoms with Gasteiger partial charge in [0, 0.05) is 17.8 Å². The Labute approximate surface area is 197 Å². The van der Waals surface area contributed by atoms with Crippen molar-refractivity contribution in [1.29, 1.82) is 5.26 Å². The van der Waals surface area contributed by atoms with Crippen LogP contribution in [-0.2, 0) is 16.8 Å². The molecule has 2 atom stereocenters. The number of nitrogens with one attached hydrogen (secondary N) is 2. The van der Waals surface area contributed by atoms with Crippen LogP contribution in [0.15, 0.2) is 66.0 Å². The Bertz CT molecular complexity index is 1080. The van der Waals surface area contributed by atoms with Crippen molar-refractivity contribution in [3.05, 3.63) is 82.0 Å². The maximum absolute atomic E-state index is 12.9. The predicted molar refractivity (Wildman–Crippen MR) is 128 cm³/mol. The zero-order chi connectivity index (χ0) is 21.7. The summed E-state index contributed by atoms with van der Waals surface area (Å²) in [6.45, 7) is 1.28. The van der Waals surface area contributed by atoms with E-state index in [1.807, 2.05) is 60.0 Å². The Morgan fingerprint density at radius 3 is 2.69 bits per heavy atom. The van der Waals surface area contributed by atoms with E-state index in [4.69, 9.17) is 10.5 Å². The van der Waals surface area contributed by atoms with Gasteiger partial charge in [-0.15, -0.1) is 23.7 Å². The minimum Gasteiger partial charge on any atom is -0.457 e. The molecule has 4 rings (SSSR count). The number of thiophene rings is 1. The summed E-state index contributed by atoms with van der Waals surface area (Å²) < 4.78 is 5.88. The number of halogens is 1. The van der Waals surface area contributed by atoms with Crippen molar-refractivity contribution in [1.82, 2.24) is 10.6 Å². The molecule has 0 bridgehead atoms. The molecule has 3 aromatic rings. The predicted octanol–water partition coefficient (Wildman–Crippen LogP) is 3.71. The number of carbonyl (C=O) groups is 1. The van der Waals surface area contributed by atoms with E-state index in [2.05, 4.69) is 16.7 Å². The van der Waals surface area contributed by atoms with Crippen LogP contribution >= 0.6 is 23.7 Å². The van der Waals surface area contributed by atoms with Gasteiger partial charge in [-0.3, -0.25) is 4.79 Å². The number of para-hydroxylation sites is 1. The molecule has 166 valence electrons. The van der Waals surface area contributed by atoms with E-state index in [-0.39, 0.29) is 18.3 Å². The molecule has 2 heterocycles. The fourth-order valence-corrected chi connectivity index (χ4v) is 4.65. The highest BCUT2D eigenvalue weighted by Crippen LogP contribution is 2.33. The quantitative estimate of drug-likeness (QED) is 0.490. The number of carbonyl (C=O) groups excluding carboxylic acids is 1. The Hall–Kier alpha value is -2.89. The standard InChI is InChI=1S/C24H24N4O2S.ClH/c25-15-17-13-19(30-18-5-2-1-3-6-18)8-9-21(17)24(10-11-27-16-24)28-23(29)22(26)14-20-7-4-12-31-20;/h1-9,12-13,22,27H,10-11,14,16,26H2,(H,28,29);1H/t22-,24+;/m0./s1. The van der Waals surface area contributed by atoms with Gasteiger partial charge < -0.3 is 21.1 Å². The molecule has 1 fully saturated rings. The molecule has 1 saturated heterocycles. The zero-order valence-electron chi connectivity index (χ0n) is 17.4. The van der Waals surface area contributed by atoms with E-state index < -0.39 is 11.6 Å². The van der Waals surface area contributed by atoms with Crippen molar-refractivity contribution in [2.75, 3.05) is 13.1 Å². The molecule has 8 heteroatoms. The summed E-state index contributed by atoms with van der Waals surface area (Å²) in [5.74, 6) is 1.06. The van der Waals surface area contributed by atoms with Crippen LogP contribution in [0.5, 0.6) is 11.5 Å². The number of nitriles is 1. The smallest absolute Gasteiger partial charge is 0.238 e. The lowest BCUT2D eigenvalue weighted by Crippen LogP contribution is -2.53. The van der Waals surface area contributed by atoms with Gasteiger partial charge in [0.2, 0.25) is 5.91 Å². The first kappa shape index (κ1) is 23.8. The van der Waals surface area contributed by atoms with Crippen molar-refractivity contribution >= 4 is 29.7 Å². The Kier molecular flexibility index (Phi) is 7.89. The Balaban J connectivity index is 0.00000289. The minimum atomic E-state index is -0.680. The maximum Gasteiger partial charge on any atom is 0.238 e. The number of amides is 1. The normalized spacial score (nSPS) is 18.2. The van der Waals surface area contributed by atoms with Gasteiger partial charge >= 0.3 is 0 Å². The molecule has 6 nitrogen and oxygen atoms in total. The zero-order valence-corrected chi connectivity index (χ0v) is 19.0. The van der Waals surface area contributed by atoms with E-state index >= 15 is 0 Å². The maximum atomic E-state index is 12.9. The van der Waals surface area contributed by atoms with Crippen molar-refractivity contribution in [3.63, 3.8) is 0 Å². The number of rotatable bonds is 7. The van der Waals surface area contributed by atoms with Crippen LogP contribution in [0.2, 0.25) is 0 Å². The molecule has 0 spiro atoms. The van der Waals surface area contributed by atoms with Gasteiger partial charge in [-0.1, -0.05) is 30.3 Å². The van der Waals surface area contributed by atoms with Crippen LogP contribution in [0.3, 0.4) is 0 Å². The monoisotopic (exact) mass is 468 g/mol. The van der Waals surface area contributed by atoms with E-state index in [1.54, 1.807) is 17.4 Å². The Morgan fingerprint density at radius 2 is 2.03 bits per heavy atom. The molecule has 0 saturated carbocycles. The fraction of sp³-hybridized carbons (Fsp3) is 0.250. The highest BCUT2D eigenvalue weighted by Gasteiger charge is 2.40. The van der Waals surface area contributed by atoms with E-state index in [9.17, 15) is 10.1 Å². The topological polar surface area (TPSA) is 100 Å². The third kappa shape index (κ3) is 5.29. The van der Waals surface area contributed by atoms with Gasteiger partial charge in [-0.25, -0.2) is 0 Å². The van der Waals surface area contributed by atoms with Crippen molar-refractivity contribution < 1.29 is 9.53 Å². The summed E-state index contributed by atoms with van der Waals surface area (Å²) in [7, 11) is 0. The molecule has 0 unspecified atom stereocenters. The first-order valence-corrected chi connectivity index (χ1v) is 11.1. The molecule has 4 N–H and O–H groups in total. The number of benzene rings is 2. The first-order valence-electron chi connectivity index (χ1n) is 10.2. The minimum absolute atomic E-state index is 0. The van der Waals surface area contributed by atoms with Crippen LogP contribution in [-0.4, -0.2) is 25.0 Å². The third-order valence-corrected chi connectivity index (χ3v) is 6.36. The van der Waals surface area contributed by atoms with Gasteiger partial charge in [-0.05, 0) is 54.2 Å². The van der Waals surface area contributed by atoms with E-state index in [1.165, 1.54) is 0 Å². The van der Waals surface area contributed by atoms with Gasteiger partial charge in [0.15, 0.2) is 0 Å². The molecule has 1 aliphatic rings. The van der Waals surface area contributed by atoms with Gasteiger partial charge in [0.1, 0.15) is 11.5 Å². The molecule has 1 aromatic heterocycles. The SMILES string of the molecule is Cl.N#Cc1cc(Oc2ccccc2)ccc1[C@@]1(NC(=O)[C@@H](N)Cc2cccs2)CCNC1. The lowest BCUT2D eigenvalue weighted by atomic mass is 9.85.